The van der Waals surface area contributed by atoms with Crippen LogP contribution >= 0.6 is 0 Å². The number of ether oxygens (including phenoxy) is 1. The molecule has 2 atom stereocenters. The first-order valence-electron chi connectivity index (χ1n) is 6.42. The minimum atomic E-state index is -4.39. The Morgan fingerprint density at radius 2 is 2.24 bits per heavy atom. The Hall–Kier alpha value is -1.23. The van der Waals surface area contributed by atoms with Gasteiger partial charge >= 0.3 is 6.18 Å². The molecule has 0 saturated carbocycles. The van der Waals surface area contributed by atoms with E-state index in [4.69, 9.17) is 7.48 Å². The van der Waals surface area contributed by atoms with Crippen molar-refractivity contribution in [3.8, 4) is 5.75 Å². The summed E-state index contributed by atoms with van der Waals surface area (Å²) < 4.78 is 58.7. The Kier molecular flexibility index (Phi) is 1.88. The average Bonchev–Trinajstić information content (AvgIpc) is 2.63. The largest absolute Gasteiger partial charge is 0.488 e. The van der Waals surface area contributed by atoms with Crippen molar-refractivity contribution in [1.29, 1.82) is 0 Å². The summed E-state index contributed by atoms with van der Waals surface area (Å²) in [5.41, 5.74) is -0.144. The van der Waals surface area contributed by atoms with Crippen molar-refractivity contribution in [3.05, 3.63) is 29.3 Å². The van der Waals surface area contributed by atoms with Gasteiger partial charge in [-0.25, -0.2) is 0 Å². The zero-order valence-electron chi connectivity index (χ0n) is 10.8. The lowest BCUT2D eigenvalue weighted by Crippen LogP contribution is -2.36. The van der Waals surface area contributed by atoms with Gasteiger partial charge in [-0.3, -0.25) is 0 Å². The Bertz CT molecular complexity index is 518. The minimum Gasteiger partial charge on any atom is -0.488 e. The third-order valence-corrected chi connectivity index (χ3v) is 3.14. The molecule has 1 aromatic rings. The van der Waals surface area contributed by atoms with E-state index in [-0.39, 0.29) is 24.3 Å². The van der Waals surface area contributed by atoms with E-state index in [0.29, 0.717) is 12.0 Å². The lowest BCUT2D eigenvalue weighted by atomic mass is 9.96. The van der Waals surface area contributed by atoms with Gasteiger partial charge in [0.15, 0.2) is 0 Å². The molecule has 0 aliphatic carbocycles. The highest BCUT2D eigenvalue weighted by atomic mass is 19.4. The monoisotopic (exact) mass is 245 g/mol. The van der Waals surface area contributed by atoms with Gasteiger partial charge < -0.3 is 10.1 Å². The number of hydrogen-bond acceptors (Lipinski definition) is 2. The summed E-state index contributed by atoms with van der Waals surface area (Å²) >= 11 is 0. The minimum absolute atomic E-state index is 0.204. The maximum absolute atomic E-state index is 12.6. The number of benzene rings is 1. The topological polar surface area (TPSA) is 21.3 Å². The van der Waals surface area contributed by atoms with Crippen LogP contribution in [0.25, 0.3) is 0 Å². The van der Waals surface area contributed by atoms with Gasteiger partial charge in [0.2, 0.25) is 0 Å². The molecule has 1 fully saturated rings. The normalized spacial score (nSPS) is 31.9. The Morgan fingerprint density at radius 1 is 1.41 bits per heavy atom. The second kappa shape index (κ2) is 3.63. The highest BCUT2D eigenvalue weighted by molar-refractivity contribution is 5.44. The van der Waals surface area contributed by atoms with Crippen LogP contribution < -0.4 is 10.1 Å². The lowest BCUT2D eigenvalue weighted by molar-refractivity contribution is -0.137. The van der Waals surface area contributed by atoms with Crippen LogP contribution in [0.4, 0.5) is 13.2 Å². The number of nitrogens with one attached hydrogen (secondary N) is 1. The molecule has 2 aliphatic rings. The van der Waals surface area contributed by atoms with E-state index in [1.165, 1.54) is 6.07 Å². The maximum Gasteiger partial charge on any atom is 0.416 e. The zero-order chi connectivity index (χ0) is 13.8. The lowest BCUT2D eigenvalue weighted by Gasteiger charge is -2.25. The molecule has 3 rings (SSSR count). The van der Waals surface area contributed by atoms with Crippen LogP contribution in [0.2, 0.25) is 0 Å². The van der Waals surface area contributed by atoms with Gasteiger partial charge in [-0.1, -0.05) is 6.07 Å². The van der Waals surface area contributed by atoms with Crippen molar-refractivity contribution in [2.45, 2.75) is 31.2 Å². The van der Waals surface area contributed by atoms with E-state index in [2.05, 4.69) is 5.32 Å². The second-order valence-corrected chi connectivity index (χ2v) is 4.24. The number of piperidine rings is 1. The van der Waals surface area contributed by atoms with Crippen LogP contribution in [0, 0.1) is 0 Å². The molecule has 1 aromatic carbocycles. The van der Waals surface area contributed by atoms with E-state index in [1.807, 2.05) is 0 Å². The zero-order valence-corrected chi connectivity index (χ0v) is 8.84. The van der Waals surface area contributed by atoms with Crippen LogP contribution in [-0.2, 0) is 6.18 Å². The van der Waals surface area contributed by atoms with Crippen LogP contribution in [0.15, 0.2) is 18.2 Å². The Morgan fingerprint density at radius 3 is 3.00 bits per heavy atom. The van der Waals surface area contributed by atoms with E-state index < -0.39 is 18.2 Å². The average molecular weight is 245 g/mol. The van der Waals surface area contributed by atoms with Crippen LogP contribution in [-0.4, -0.2) is 12.6 Å². The summed E-state index contributed by atoms with van der Waals surface area (Å²) in [7, 11) is 0. The molecule has 0 aromatic heterocycles. The van der Waals surface area contributed by atoms with Crippen molar-refractivity contribution in [3.63, 3.8) is 0 Å². The standard InChI is InChI=1S/C12H12F3NO/c13-12(14,15)7-3-4-8-10(6-7)17-9-2-1-5-16-11(8)9/h3-4,6,9,11,16H,1-2,5H2/t9-,11-/m0/s1/i5D2. The van der Waals surface area contributed by atoms with Crippen molar-refractivity contribution >= 4 is 0 Å². The van der Waals surface area contributed by atoms with Crippen molar-refractivity contribution < 1.29 is 20.6 Å². The molecule has 1 N–H and O–H groups in total. The fourth-order valence-corrected chi connectivity index (χ4v) is 2.29. The summed E-state index contributed by atoms with van der Waals surface area (Å²) in [5, 5.41) is 2.80. The van der Waals surface area contributed by atoms with Crippen molar-refractivity contribution in [2.75, 3.05) is 6.50 Å². The third-order valence-electron chi connectivity index (χ3n) is 3.14. The Labute approximate surface area is 99.6 Å². The molecule has 2 nitrogen and oxygen atoms in total. The van der Waals surface area contributed by atoms with Gasteiger partial charge in [0.1, 0.15) is 11.9 Å². The predicted octanol–water partition coefficient (Wildman–Crippen LogP) is 2.89. The van der Waals surface area contributed by atoms with Crippen molar-refractivity contribution in [2.24, 2.45) is 0 Å². The number of halogens is 3. The molecule has 17 heavy (non-hydrogen) atoms. The van der Waals surface area contributed by atoms with E-state index >= 15 is 0 Å². The van der Waals surface area contributed by atoms with Gasteiger partial charge in [-0.15, -0.1) is 0 Å². The molecule has 0 spiro atoms. The first-order valence-corrected chi connectivity index (χ1v) is 5.42. The smallest absolute Gasteiger partial charge is 0.416 e. The quantitative estimate of drug-likeness (QED) is 0.758. The van der Waals surface area contributed by atoms with Crippen molar-refractivity contribution in [1.82, 2.24) is 5.32 Å². The molecular weight excluding hydrogens is 231 g/mol. The van der Waals surface area contributed by atoms with Gasteiger partial charge in [0.05, 0.1) is 11.6 Å². The number of hydrogen-bond donors (Lipinski definition) is 1. The number of fused-ring (bicyclic) bond motifs is 3. The van der Waals surface area contributed by atoms with Gasteiger partial charge in [0.25, 0.3) is 0 Å². The molecule has 1 saturated heterocycles. The SMILES string of the molecule is [2H]C1([2H])CC[C@@H]2Oc3cc(C(F)(F)F)ccc3[C@@H]2N1. The first kappa shape index (κ1) is 8.80. The first-order chi connectivity index (χ1) is 8.76. The maximum atomic E-state index is 12.6. The van der Waals surface area contributed by atoms with Crippen LogP contribution in [0.3, 0.4) is 0 Å². The molecule has 0 radical (unpaired) electrons. The Balaban J connectivity index is 1.95. The van der Waals surface area contributed by atoms with E-state index in [1.54, 1.807) is 0 Å². The number of rotatable bonds is 0. The fourth-order valence-electron chi connectivity index (χ4n) is 2.29. The molecule has 0 amide bonds. The predicted molar refractivity (Wildman–Crippen MR) is 55.8 cm³/mol. The molecule has 0 bridgehead atoms. The molecule has 0 unspecified atom stereocenters. The summed E-state index contributed by atoms with van der Waals surface area (Å²) in [6, 6.07) is 3.00. The summed E-state index contributed by atoms with van der Waals surface area (Å²) in [5.74, 6) is 0.204. The summed E-state index contributed by atoms with van der Waals surface area (Å²) in [6.07, 6.45) is -3.91. The molecule has 2 aliphatic heterocycles. The van der Waals surface area contributed by atoms with E-state index in [9.17, 15) is 13.2 Å². The molecular formula is C12H12F3NO. The van der Waals surface area contributed by atoms with Gasteiger partial charge in [-0.2, -0.15) is 13.2 Å². The van der Waals surface area contributed by atoms with Gasteiger partial charge in [0, 0.05) is 8.30 Å². The second-order valence-electron chi connectivity index (χ2n) is 4.24. The fraction of sp³-hybridized carbons (Fsp3) is 0.500. The molecule has 5 heteroatoms. The highest BCUT2D eigenvalue weighted by Gasteiger charge is 2.38. The van der Waals surface area contributed by atoms with E-state index in [0.717, 1.165) is 12.1 Å². The third kappa shape index (κ3) is 1.78. The van der Waals surface area contributed by atoms with Crippen LogP contribution in [0.1, 0.15) is 32.8 Å². The summed E-state index contributed by atoms with van der Waals surface area (Å²) in [6.45, 7) is -1.51. The molecule has 2 heterocycles. The van der Waals surface area contributed by atoms with Crippen LogP contribution in [0.5, 0.6) is 5.75 Å². The number of alkyl halides is 3. The van der Waals surface area contributed by atoms with Gasteiger partial charge in [-0.05, 0) is 31.5 Å². The highest BCUT2D eigenvalue weighted by Crippen LogP contribution is 2.42. The molecule has 92 valence electrons. The summed E-state index contributed by atoms with van der Waals surface area (Å²) in [4.78, 5) is 0.